The molecule has 1 aromatic carbocycles. The van der Waals surface area contributed by atoms with E-state index in [0.29, 0.717) is 6.04 Å². The van der Waals surface area contributed by atoms with E-state index >= 15 is 0 Å². The van der Waals surface area contributed by atoms with Crippen LogP contribution in [0.15, 0.2) is 36.7 Å². The minimum absolute atomic E-state index is 0. The number of amides is 1. The van der Waals surface area contributed by atoms with Gasteiger partial charge in [-0.1, -0.05) is 12.1 Å². The number of carbonyl (C=O) groups excluding carboxylic acids is 1. The molecule has 2 fully saturated rings. The minimum Gasteiger partial charge on any atom is -0.353 e. The van der Waals surface area contributed by atoms with Crippen molar-refractivity contribution in [2.75, 3.05) is 36.4 Å². The molecule has 2 aromatic rings. The SMILES string of the molecule is CC(C)N1CCN(c2cnc(-c3ccc(NC(=O)C4CC4)cc3)cn2)CC1.Cl.Cl. The van der Waals surface area contributed by atoms with Gasteiger partial charge in [-0.05, 0) is 38.8 Å². The number of anilines is 2. The highest BCUT2D eigenvalue weighted by Gasteiger charge is 2.29. The Labute approximate surface area is 184 Å². The number of hydrogen-bond acceptors (Lipinski definition) is 5. The van der Waals surface area contributed by atoms with E-state index < -0.39 is 0 Å². The third kappa shape index (κ3) is 5.81. The zero-order chi connectivity index (χ0) is 18.8. The molecule has 1 aliphatic heterocycles. The molecule has 8 heteroatoms. The summed E-state index contributed by atoms with van der Waals surface area (Å²) in [4.78, 5) is 25.8. The molecule has 1 saturated heterocycles. The van der Waals surface area contributed by atoms with Crippen molar-refractivity contribution in [1.29, 1.82) is 0 Å². The molecule has 1 saturated carbocycles. The zero-order valence-electron chi connectivity index (χ0n) is 16.9. The van der Waals surface area contributed by atoms with Crippen LogP contribution < -0.4 is 10.2 Å². The zero-order valence-corrected chi connectivity index (χ0v) is 18.5. The molecule has 1 aromatic heterocycles. The van der Waals surface area contributed by atoms with Gasteiger partial charge in [-0.15, -0.1) is 24.8 Å². The highest BCUT2D eigenvalue weighted by molar-refractivity contribution is 5.94. The number of hydrogen-bond donors (Lipinski definition) is 1. The Morgan fingerprint density at radius 2 is 1.66 bits per heavy atom. The molecule has 158 valence electrons. The van der Waals surface area contributed by atoms with Crippen LogP contribution in [-0.2, 0) is 4.79 Å². The molecule has 1 aliphatic carbocycles. The molecule has 0 unspecified atom stereocenters. The Balaban J connectivity index is 0.00000150. The Kier molecular flexibility index (Phi) is 8.25. The second kappa shape index (κ2) is 10.2. The summed E-state index contributed by atoms with van der Waals surface area (Å²) in [5.74, 6) is 1.28. The number of nitrogens with zero attached hydrogens (tertiary/aromatic N) is 4. The van der Waals surface area contributed by atoms with Crippen molar-refractivity contribution < 1.29 is 4.79 Å². The predicted molar refractivity (Wildman–Crippen MR) is 122 cm³/mol. The quantitative estimate of drug-likeness (QED) is 0.768. The number of halogens is 2. The molecule has 0 radical (unpaired) electrons. The van der Waals surface area contributed by atoms with Crippen molar-refractivity contribution in [3.8, 4) is 11.3 Å². The fourth-order valence-electron chi connectivity index (χ4n) is 3.42. The maximum atomic E-state index is 11.8. The molecule has 2 aliphatic rings. The summed E-state index contributed by atoms with van der Waals surface area (Å²) in [7, 11) is 0. The van der Waals surface area contributed by atoms with Crippen molar-refractivity contribution in [2.24, 2.45) is 5.92 Å². The van der Waals surface area contributed by atoms with Gasteiger partial charge < -0.3 is 10.2 Å². The van der Waals surface area contributed by atoms with E-state index in [4.69, 9.17) is 0 Å². The van der Waals surface area contributed by atoms with Crippen LogP contribution in [0.3, 0.4) is 0 Å². The maximum Gasteiger partial charge on any atom is 0.227 e. The molecular formula is C21H29Cl2N5O. The van der Waals surface area contributed by atoms with E-state index in [2.05, 4.69) is 38.9 Å². The second-order valence-electron chi connectivity index (χ2n) is 7.72. The molecule has 6 nitrogen and oxygen atoms in total. The Bertz CT molecular complexity index is 786. The summed E-state index contributed by atoms with van der Waals surface area (Å²) in [5, 5.41) is 2.96. The van der Waals surface area contributed by atoms with Crippen LogP contribution in [0.2, 0.25) is 0 Å². The summed E-state index contributed by atoms with van der Waals surface area (Å²) >= 11 is 0. The maximum absolute atomic E-state index is 11.8. The van der Waals surface area contributed by atoms with Crippen LogP contribution in [0.25, 0.3) is 11.3 Å². The van der Waals surface area contributed by atoms with Gasteiger partial charge in [0.1, 0.15) is 5.82 Å². The van der Waals surface area contributed by atoms with Gasteiger partial charge in [0.05, 0.1) is 18.1 Å². The summed E-state index contributed by atoms with van der Waals surface area (Å²) in [6, 6.07) is 8.41. The van der Waals surface area contributed by atoms with Crippen molar-refractivity contribution in [1.82, 2.24) is 14.9 Å². The van der Waals surface area contributed by atoms with Crippen molar-refractivity contribution in [2.45, 2.75) is 32.7 Å². The third-order valence-corrected chi connectivity index (χ3v) is 5.40. The van der Waals surface area contributed by atoms with E-state index in [1.165, 1.54) is 0 Å². The predicted octanol–water partition coefficient (Wildman–Crippen LogP) is 3.87. The van der Waals surface area contributed by atoms with Gasteiger partial charge in [-0.25, -0.2) is 4.98 Å². The molecule has 1 N–H and O–H groups in total. The first-order valence-corrected chi connectivity index (χ1v) is 9.82. The van der Waals surface area contributed by atoms with Crippen LogP contribution >= 0.6 is 24.8 Å². The Morgan fingerprint density at radius 3 is 2.17 bits per heavy atom. The van der Waals surface area contributed by atoms with E-state index in [-0.39, 0.29) is 36.6 Å². The number of nitrogens with one attached hydrogen (secondary N) is 1. The summed E-state index contributed by atoms with van der Waals surface area (Å²) in [6.07, 6.45) is 5.72. The fourth-order valence-corrected chi connectivity index (χ4v) is 3.42. The third-order valence-electron chi connectivity index (χ3n) is 5.40. The van der Waals surface area contributed by atoms with Crippen LogP contribution in [0, 0.1) is 5.92 Å². The first-order chi connectivity index (χ1) is 13.1. The van der Waals surface area contributed by atoms with Gasteiger partial charge in [0.25, 0.3) is 0 Å². The number of aromatic nitrogens is 2. The largest absolute Gasteiger partial charge is 0.353 e. The monoisotopic (exact) mass is 437 g/mol. The number of carbonyl (C=O) groups is 1. The van der Waals surface area contributed by atoms with Gasteiger partial charge in [0.2, 0.25) is 5.91 Å². The molecule has 1 amide bonds. The standard InChI is InChI=1S/C21H27N5O.2ClH/c1-15(2)25-9-11-26(12-10-25)20-14-22-19(13-23-20)16-5-7-18(8-6-16)24-21(27)17-3-4-17;;/h5-8,13-15,17H,3-4,9-12H2,1-2H3,(H,24,27);2*1H. The van der Waals surface area contributed by atoms with E-state index in [0.717, 1.165) is 61.8 Å². The van der Waals surface area contributed by atoms with Crippen LogP contribution in [-0.4, -0.2) is 53.0 Å². The van der Waals surface area contributed by atoms with Gasteiger partial charge in [0.15, 0.2) is 0 Å². The molecule has 0 spiro atoms. The normalized spacial score (nSPS) is 16.7. The second-order valence-corrected chi connectivity index (χ2v) is 7.72. The lowest BCUT2D eigenvalue weighted by Crippen LogP contribution is -2.49. The van der Waals surface area contributed by atoms with Crippen molar-refractivity contribution in [3.63, 3.8) is 0 Å². The van der Waals surface area contributed by atoms with Gasteiger partial charge in [-0.2, -0.15) is 0 Å². The van der Waals surface area contributed by atoms with Crippen molar-refractivity contribution >= 4 is 42.2 Å². The average molecular weight is 438 g/mol. The molecule has 2 heterocycles. The van der Waals surface area contributed by atoms with Crippen LogP contribution in [0.4, 0.5) is 11.5 Å². The number of piperazine rings is 1. The number of benzene rings is 1. The summed E-state index contributed by atoms with van der Waals surface area (Å²) in [6.45, 7) is 8.59. The minimum atomic E-state index is 0. The number of rotatable bonds is 5. The van der Waals surface area contributed by atoms with E-state index in [9.17, 15) is 4.79 Å². The molecule has 4 rings (SSSR count). The molecular weight excluding hydrogens is 409 g/mol. The molecule has 0 bridgehead atoms. The lowest BCUT2D eigenvalue weighted by molar-refractivity contribution is -0.117. The first-order valence-electron chi connectivity index (χ1n) is 9.82. The summed E-state index contributed by atoms with van der Waals surface area (Å²) < 4.78 is 0. The smallest absolute Gasteiger partial charge is 0.227 e. The molecule has 0 atom stereocenters. The van der Waals surface area contributed by atoms with E-state index in [1.807, 2.05) is 36.7 Å². The van der Waals surface area contributed by atoms with Crippen LogP contribution in [0.5, 0.6) is 0 Å². The fraction of sp³-hybridized carbons (Fsp3) is 0.476. The van der Waals surface area contributed by atoms with Crippen molar-refractivity contribution in [3.05, 3.63) is 36.7 Å². The lowest BCUT2D eigenvalue weighted by Gasteiger charge is -2.37. The highest BCUT2D eigenvalue weighted by Crippen LogP contribution is 2.30. The average Bonchev–Trinajstić information content (AvgIpc) is 3.54. The van der Waals surface area contributed by atoms with Crippen LogP contribution in [0.1, 0.15) is 26.7 Å². The molecule has 29 heavy (non-hydrogen) atoms. The van der Waals surface area contributed by atoms with Gasteiger partial charge >= 0.3 is 0 Å². The lowest BCUT2D eigenvalue weighted by atomic mass is 10.1. The van der Waals surface area contributed by atoms with E-state index in [1.54, 1.807) is 0 Å². The highest BCUT2D eigenvalue weighted by atomic mass is 35.5. The first kappa shape index (κ1) is 23.4. The Morgan fingerprint density at radius 1 is 1.00 bits per heavy atom. The van der Waals surface area contributed by atoms with Gasteiger partial charge in [-0.3, -0.25) is 14.7 Å². The topological polar surface area (TPSA) is 61.4 Å². The Hall–Kier alpha value is -1.89. The van der Waals surface area contributed by atoms with Gasteiger partial charge in [0, 0.05) is 49.4 Å². The summed E-state index contributed by atoms with van der Waals surface area (Å²) in [5.41, 5.74) is 2.69.